The van der Waals surface area contributed by atoms with Crippen molar-refractivity contribution in [3.8, 4) is 0 Å². The summed E-state index contributed by atoms with van der Waals surface area (Å²) in [5.74, 6) is -2.20. The Labute approximate surface area is 182 Å². The maximum absolute atomic E-state index is 12.2. The van der Waals surface area contributed by atoms with Crippen molar-refractivity contribution in [1.29, 1.82) is 0 Å². The van der Waals surface area contributed by atoms with E-state index in [1.807, 2.05) is 6.92 Å². The molecule has 3 N–H and O–H groups in total. The lowest BCUT2D eigenvalue weighted by Gasteiger charge is -2.08. The van der Waals surface area contributed by atoms with Gasteiger partial charge >= 0.3 is 11.9 Å². The molecule has 0 saturated carbocycles. The lowest BCUT2D eigenvalue weighted by molar-refractivity contribution is -0.119. The molecular formula is C18H19ClN2O7S2. The van der Waals surface area contributed by atoms with Gasteiger partial charge in [0.1, 0.15) is 9.90 Å². The zero-order chi connectivity index (χ0) is 22.5. The van der Waals surface area contributed by atoms with Gasteiger partial charge in [-0.1, -0.05) is 18.5 Å². The van der Waals surface area contributed by atoms with Gasteiger partial charge in [0.25, 0.3) is 5.91 Å². The van der Waals surface area contributed by atoms with Crippen LogP contribution in [-0.2, 0) is 30.7 Å². The van der Waals surface area contributed by atoms with Crippen molar-refractivity contribution in [3.63, 3.8) is 0 Å². The SMILES string of the molecule is CCOC(=O)c1cc(CC)sc1NC(=O)COC(=O)c1ccc(Cl)c(S(N)(=O)=O)c1. The van der Waals surface area contributed by atoms with Crippen LogP contribution in [0.5, 0.6) is 0 Å². The Kier molecular flexibility index (Phi) is 7.96. The summed E-state index contributed by atoms with van der Waals surface area (Å²) in [4.78, 5) is 36.8. The molecule has 0 saturated heterocycles. The molecule has 2 aromatic rings. The number of benzene rings is 1. The number of amides is 1. The molecule has 1 amide bonds. The Morgan fingerprint density at radius 3 is 2.43 bits per heavy atom. The molecule has 1 aromatic carbocycles. The van der Waals surface area contributed by atoms with E-state index >= 15 is 0 Å². The molecule has 9 nitrogen and oxygen atoms in total. The molecule has 1 heterocycles. The average Bonchev–Trinajstić information content (AvgIpc) is 3.08. The van der Waals surface area contributed by atoms with E-state index in [-0.39, 0.29) is 27.8 Å². The molecule has 1 aromatic heterocycles. The van der Waals surface area contributed by atoms with Crippen molar-refractivity contribution >= 4 is 55.8 Å². The number of halogens is 1. The molecule has 2 rings (SSSR count). The molecular weight excluding hydrogens is 456 g/mol. The Balaban J connectivity index is 2.08. The van der Waals surface area contributed by atoms with E-state index in [2.05, 4.69) is 5.32 Å². The first kappa shape index (κ1) is 23.8. The molecule has 0 atom stereocenters. The van der Waals surface area contributed by atoms with Gasteiger partial charge in [0, 0.05) is 4.88 Å². The summed E-state index contributed by atoms with van der Waals surface area (Å²) in [7, 11) is -4.14. The van der Waals surface area contributed by atoms with Crippen LogP contribution in [0.1, 0.15) is 39.4 Å². The van der Waals surface area contributed by atoms with Gasteiger partial charge in [-0.15, -0.1) is 11.3 Å². The van der Waals surface area contributed by atoms with E-state index in [0.29, 0.717) is 6.42 Å². The molecule has 0 radical (unpaired) electrons. The van der Waals surface area contributed by atoms with Gasteiger partial charge in [0.05, 0.1) is 22.8 Å². The quantitative estimate of drug-likeness (QED) is 0.560. The van der Waals surface area contributed by atoms with Crippen molar-refractivity contribution in [2.45, 2.75) is 25.2 Å². The van der Waals surface area contributed by atoms with Crippen LogP contribution in [0.25, 0.3) is 0 Å². The zero-order valence-electron chi connectivity index (χ0n) is 16.1. The summed E-state index contributed by atoms with van der Waals surface area (Å²) in [5.41, 5.74) is 0.0710. The minimum Gasteiger partial charge on any atom is -0.462 e. The van der Waals surface area contributed by atoms with E-state index in [4.69, 9.17) is 26.2 Å². The second-order valence-electron chi connectivity index (χ2n) is 5.84. The normalized spacial score (nSPS) is 11.1. The number of thiophene rings is 1. The smallest absolute Gasteiger partial charge is 0.341 e. The van der Waals surface area contributed by atoms with Gasteiger partial charge in [-0.25, -0.2) is 23.1 Å². The lowest BCUT2D eigenvalue weighted by atomic mass is 10.2. The second-order valence-corrected chi connectivity index (χ2v) is 8.92. The van der Waals surface area contributed by atoms with Crippen molar-refractivity contribution in [3.05, 3.63) is 45.3 Å². The highest BCUT2D eigenvalue weighted by atomic mass is 35.5. The standard InChI is InChI=1S/C18H19ClN2O7S2/c1-3-11-8-12(18(24)27-4-2)16(29-11)21-15(22)9-28-17(23)10-5-6-13(19)14(7-10)30(20,25)26/h5-8H,3-4,9H2,1-2H3,(H,21,22)(H2,20,25,26). The van der Waals surface area contributed by atoms with Crippen molar-refractivity contribution < 1.29 is 32.3 Å². The van der Waals surface area contributed by atoms with Crippen LogP contribution < -0.4 is 10.5 Å². The predicted octanol–water partition coefficient (Wildman–Crippen LogP) is 2.58. The fourth-order valence-electron chi connectivity index (χ4n) is 2.30. The second kappa shape index (κ2) is 10.0. The topological polar surface area (TPSA) is 142 Å². The molecule has 0 aliphatic heterocycles. The summed E-state index contributed by atoms with van der Waals surface area (Å²) in [6, 6.07) is 5.01. The Morgan fingerprint density at radius 1 is 1.13 bits per heavy atom. The minimum atomic E-state index is -4.14. The van der Waals surface area contributed by atoms with Crippen molar-refractivity contribution in [1.82, 2.24) is 0 Å². The van der Waals surface area contributed by atoms with Crippen molar-refractivity contribution in [2.75, 3.05) is 18.5 Å². The number of esters is 2. The number of hydrogen-bond donors (Lipinski definition) is 2. The largest absolute Gasteiger partial charge is 0.462 e. The number of sulfonamides is 1. The number of nitrogens with one attached hydrogen (secondary N) is 1. The van der Waals surface area contributed by atoms with Crippen LogP contribution in [0, 0.1) is 0 Å². The fourth-order valence-corrected chi connectivity index (χ4v) is 4.37. The molecule has 162 valence electrons. The van der Waals surface area contributed by atoms with E-state index in [0.717, 1.165) is 10.9 Å². The molecule has 0 aliphatic carbocycles. The van der Waals surface area contributed by atoms with Crippen LogP contribution in [-0.4, -0.2) is 39.5 Å². The molecule has 0 aliphatic rings. The maximum atomic E-state index is 12.2. The third-order valence-corrected chi connectivity index (χ3v) is 6.27. The van der Waals surface area contributed by atoms with Crippen LogP contribution in [0.2, 0.25) is 5.02 Å². The molecule has 0 spiro atoms. The highest BCUT2D eigenvalue weighted by molar-refractivity contribution is 7.89. The molecule has 0 unspecified atom stereocenters. The highest BCUT2D eigenvalue weighted by Gasteiger charge is 2.20. The Hall–Kier alpha value is -2.47. The summed E-state index contributed by atoms with van der Waals surface area (Å²) >= 11 is 6.98. The number of rotatable bonds is 8. The number of carbonyl (C=O) groups is 3. The molecule has 12 heteroatoms. The first-order valence-corrected chi connectivity index (χ1v) is 11.4. The van der Waals surface area contributed by atoms with E-state index in [1.54, 1.807) is 13.0 Å². The number of anilines is 1. The summed E-state index contributed by atoms with van der Waals surface area (Å²) in [6.07, 6.45) is 0.658. The van der Waals surface area contributed by atoms with Crippen LogP contribution >= 0.6 is 22.9 Å². The van der Waals surface area contributed by atoms with Crippen LogP contribution in [0.4, 0.5) is 5.00 Å². The fraction of sp³-hybridized carbons (Fsp3) is 0.278. The number of carbonyl (C=O) groups excluding carboxylic acids is 3. The summed E-state index contributed by atoms with van der Waals surface area (Å²) in [6.45, 7) is 3.09. The maximum Gasteiger partial charge on any atom is 0.341 e. The lowest BCUT2D eigenvalue weighted by Crippen LogP contribution is -2.22. The predicted molar refractivity (Wildman–Crippen MR) is 111 cm³/mol. The zero-order valence-corrected chi connectivity index (χ0v) is 18.4. The van der Waals surface area contributed by atoms with Crippen LogP contribution in [0.3, 0.4) is 0 Å². The molecule has 0 bridgehead atoms. The van der Waals surface area contributed by atoms with Gasteiger partial charge in [-0.2, -0.15) is 0 Å². The number of ether oxygens (including phenoxy) is 2. The monoisotopic (exact) mass is 474 g/mol. The number of aryl methyl sites for hydroxylation is 1. The summed E-state index contributed by atoms with van der Waals surface area (Å²) in [5, 5.41) is 7.70. The summed E-state index contributed by atoms with van der Waals surface area (Å²) < 4.78 is 32.9. The number of primary sulfonamides is 1. The van der Waals surface area contributed by atoms with Gasteiger partial charge in [-0.05, 0) is 37.6 Å². The number of nitrogens with two attached hydrogens (primary N) is 1. The average molecular weight is 475 g/mol. The van der Waals surface area contributed by atoms with Crippen molar-refractivity contribution in [2.24, 2.45) is 5.14 Å². The van der Waals surface area contributed by atoms with E-state index in [1.165, 1.54) is 23.5 Å². The first-order valence-electron chi connectivity index (χ1n) is 8.66. The first-order chi connectivity index (χ1) is 14.1. The van der Waals surface area contributed by atoms with Gasteiger partial charge in [0.15, 0.2) is 6.61 Å². The Morgan fingerprint density at radius 2 is 1.83 bits per heavy atom. The van der Waals surface area contributed by atoms with Gasteiger partial charge in [-0.3, -0.25) is 4.79 Å². The third kappa shape index (κ3) is 6.02. The highest BCUT2D eigenvalue weighted by Crippen LogP contribution is 2.29. The minimum absolute atomic E-state index is 0.146. The van der Waals surface area contributed by atoms with Gasteiger partial charge in [0.2, 0.25) is 10.0 Å². The van der Waals surface area contributed by atoms with Gasteiger partial charge < -0.3 is 14.8 Å². The molecule has 30 heavy (non-hydrogen) atoms. The van der Waals surface area contributed by atoms with Crippen LogP contribution in [0.15, 0.2) is 29.2 Å². The number of hydrogen-bond acceptors (Lipinski definition) is 8. The molecule has 0 fully saturated rings. The third-order valence-electron chi connectivity index (χ3n) is 3.69. The van der Waals surface area contributed by atoms with E-state index < -0.39 is 39.4 Å². The van der Waals surface area contributed by atoms with E-state index in [9.17, 15) is 22.8 Å². The Bertz CT molecular complexity index is 1080.